The molecule has 1 rings (SSSR count). The van der Waals surface area contributed by atoms with Crippen molar-refractivity contribution in [3.05, 3.63) is 12.3 Å². The monoisotopic (exact) mass is 156 g/mol. The molecule has 0 amide bonds. The van der Waals surface area contributed by atoms with Gasteiger partial charge in [0.15, 0.2) is 0 Å². The predicted octanol–water partition coefficient (Wildman–Crippen LogP) is 1.93. The van der Waals surface area contributed by atoms with Crippen molar-refractivity contribution in [3.63, 3.8) is 0 Å². The van der Waals surface area contributed by atoms with E-state index in [9.17, 15) is 0 Å². The molecule has 0 fully saturated rings. The van der Waals surface area contributed by atoms with Crippen LogP contribution in [0.25, 0.3) is 0 Å². The molecule has 56 valence electrons. The Labute approximate surface area is 66.7 Å². The summed E-state index contributed by atoms with van der Waals surface area (Å²) < 4.78 is 1.90. The minimum absolute atomic E-state index is 0.0704. The molecule has 0 spiro atoms. The lowest BCUT2D eigenvalue weighted by Gasteiger charge is -2.18. The van der Waals surface area contributed by atoms with Gasteiger partial charge >= 0.3 is 0 Å². The molecule has 10 heavy (non-hydrogen) atoms. The predicted molar refractivity (Wildman–Crippen MR) is 44.5 cm³/mol. The van der Waals surface area contributed by atoms with Crippen LogP contribution in [-0.4, -0.2) is 9.78 Å². The van der Waals surface area contributed by atoms with Gasteiger partial charge in [-0.15, -0.1) is 12.6 Å². The van der Waals surface area contributed by atoms with Crippen LogP contribution in [0.2, 0.25) is 0 Å². The number of thiol groups is 1. The molecular formula is C7H12N2S. The molecule has 0 saturated carbocycles. The summed E-state index contributed by atoms with van der Waals surface area (Å²) in [5.74, 6) is 0. The third-order valence-corrected chi connectivity index (χ3v) is 1.50. The number of hydrogen-bond acceptors (Lipinski definition) is 2. The third-order valence-electron chi connectivity index (χ3n) is 1.26. The number of aromatic nitrogens is 2. The van der Waals surface area contributed by atoms with Gasteiger partial charge in [-0.25, -0.2) is 0 Å². The van der Waals surface area contributed by atoms with Gasteiger partial charge in [0, 0.05) is 6.20 Å². The second kappa shape index (κ2) is 2.31. The Morgan fingerprint density at radius 1 is 1.50 bits per heavy atom. The van der Waals surface area contributed by atoms with Gasteiger partial charge < -0.3 is 0 Å². The Balaban J connectivity index is 2.96. The highest BCUT2D eigenvalue weighted by Crippen LogP contribution is 2.13. The molecule has 1 aromatic rings. The molecule has 0 aliphatic heterocycles. The Morgan fingerprint density at radius 2 is 2.10 bits per heavy atom. The van der Waals surface area contributed by atoms with Gasteiger partial charge in [0.05, 0.1) is 5.54 Å². The largest absolute Gasteiger partial charge is 0.266 e. The SMILES string of the molecule is CC(C)(C)n1ccc(S)n1. The van der Waals surface area contributed by atoms with Crippen molar-refractivity contribution in [1.29, 1.82) is 0 Å². The molecule has 0 aliphatic carbocycles. The third kappa shape index (κ3) is 1.53. The van der Waals surface area contributed by atoms with Gasteiger partial charge in [-0.05, 0) is 26.8 Å². The van der Waals surface area contributed by atoms with Crippen molar-refractivity contribution in [3.8, 4) is 0 Å². The highest BCUT2D eigenvalue weighted by molar-refractivity contribution is 7.80. The van der Waals surface area contributed by atoms with E-state index < -0.39 is 0 Å². The minimum Gasteiger partial charge on any atom is -0.266 e. The first-order chi connectivity index (χ1) is 4.50. The van der Waals surface area contributed by atoms with Crippen LogP contribution in [-0.2, 0) is 5.54 Å². The molecule has 0 atom stereocenters. The minimum atomic E-state index is 0.0704. The van der Waals surface area contributed by atoms with E-state index in [0.717, 1.165) is 5.03 Å². The standard InChI is InChI=1S/C7H12N2S/c1-7(2,3)9-5-4-6(10)8-9/h4-5H,1-3H3,(H,8,10). The normalized spacial score (nSPS) is 12.0. The molecule has 3 heteroatoms. The zero-order valence-corrected chi connectivity index (χ0v) is 7.39. The van der Waals surface area contributed by atoms with Crippen molar-refractivity contribution >= 4 is 12.6 Å². The van der Waals surface area contributed by atoms with E-state index in [0.29, 0.717) is 0 Å². The smallest absolute Gasteiger partial charge is 0.115 e. The second-order valence-corrected chi connectivity index (χ2v) is 3.75. The molecule has 0 saturated heterocycles. The van der Waals surface area contributed by atoms with Crippen LogP contribution in [0.1, 0.15) is 20.8 Å². The quantitative estimate of drug-likeness (QED) is 0.568. The first-order valence-electron chi connectivity index (χ1n) is 3.25. The van der Waals surface area contributed by atoms with E-state index >= 15 is 0 Å². The summed E-state index contributed by atoms with van der Waals surface area (Å²) in [6, 6.07) is 1.88. The number of rotatable bonds is 0. The second-order valence-electron chi connectivity index (χ2n) is 3.29. The summed E-state index contributed by atoms with van der Waals surface area (Å²) in [6.07, 6.45) is 1.93. The Hall–Kier alpha value is -0.440. The fourth-order valence-electron chi connectivity index (χ4n) is 0.688. The maximum absolute atomic E-state index is 4.16. The molecule has 0 aliphatic rings. The zero-order chi connectivity index (χ0) is 7.78. The highest BCUT2D eigenvalue weighted by Gasteiger charge is 2.12. The molecule has 0 bridgehead atoms. The van der Waals surface area contributed by atoms with Crippen molar-refractivity contribution < 1.29 is 0 Å². The zero-order valence-electron chi connectivity index (χ0n) is 6.50. The van der Waals surface area contributed by atoms with E-state index in [1.807, 2.05) is 16.9 Å². The van der Waals surface area contributed by atoms with Crippen LogP contribution in [0.3, 0.4) is 0 Å². The molecule has 1 heterocycles. The summed E-state index contributed by atoms with van der Waals surface area (Å²) in [7, 11) is 0. The molecule has 0 unspecified atom stereocenters. The lowest BCUT2D eigenvalue weighted by atomic mass is 10.1. The first-order valence-corrected chi connectivity index (χ1v) is 3.70. The Kier molecular flexibility index (Phi) is 1.77. The lowest BCUT2D eigenvalue weighted by Crippen LogP contribution is -2.21. The van der Waals surface area contributed by atoms with Crippen LogP contribution in [0.4, 0.5) is 0 Å². The van der Waals surface area contributed by atoms with Gasteiger partial charge in [0.25, 0.3) is 0 Å². The summed E-state index contributed by atoms with van der Waals surface area (Å²) in [4.78, 5) is 0. The van der Waals surface area contributed by atoms with Crippen molar-refractivity contribution in [2.24, 2.45) is 0 Å². The van der Waals surface area contributed by atoms with Crippen LogP contribution >= 0.6 is 12.6 Å². The average molecular weight is 156 g/mol. The van der Waals surface area contributed by atoms with Crippen LogP contribution < -0.4 is 0 Å². The topological polar surface area (TPSA) is 17.8 Å². The van der Waals surface area contributed by atoms with Gasteiger partial charge in [-0.2, -0.15) is 5.10 Å². The summed E-state index contributed by atoms with van der Waals surface area (Å²) in [5, 5.41) is 4.94. The van der Waals surface area contributed by atoms with Crippen LogP contribution in [0.5, 0.6) is 0 Å². The van der Waals surface area contributed by atoms with E-state index in [-0.39, 0.29) is 5.54 Å². The molecule has 1 aromatic heterocycles. The molecular weight excluding hydrogens is 144 g/mol. The molecule has 0 aromatic carbocycles. The van der Waals surface area contributed by atoms with Gasteiger partial charge in [-0.1, -0.05) is 0 Å². The first kappa shape index (κ1) is 7.66. The maximum Gasteiger partial charge on any atom is 0.115 e. The van der Waals surface area contributed by atoms with Gasteiger partial charge in [0.1, 0.15) is 5.03 Å². The van der Waals surface area contributed by atoms with Crippen LogP contribution in [0.15, 0.2) is 17.3 Å². The molecule has 0 radical (unpaired) electrons. The fraction of sp³-hybridized carbons (Fsp3) is 0.571. The van der Waals surface area contributed by atoms with Crippen LogP contribution in [0, 0.1) is 0 Å². The van der Waals surface area contributed by atoms with Crippen molar-refractivity contribution in [2.45, 2.75) is 31.3 Å². The van der Waals surface area contributed by atoms with Crippen molar-refractivity contribution in [1.82, 2.24) is 9.78 Å². The van der Waals surface area contributed by atoms with E-state index in [1.54, 1.807) is 0 Å². The highest BCUT2D eigenvalue weighted by atomic mass is 32.1. The average Bonchev–Trinajstić information content (AvgIpc) is 2.11. The van der Waals surface area contributed by atoms with E-state index in [4.69, 9.17) is 0 Å². The van der Waals surface area contributed by atoms with E-state index in [1.165, 1.54) is 0 Å². The van der Waals surface area contributed by atoms with Crippen molar-refractivity contribution in [2.75, 3.05) is 0 Å². The Bertz CT molecular complexity index is 222. The van der Waals surface area contributed by atoms with Gasteiger partial charge in [-0.3, -0.25) is 4.68 Å². The summed E-state index contributed by atoms with van der Waals surface area (Å²) in [5.41, 5.74) is 0.0704. The number of nitrogens with zero attached hydrogens (tertiary/aromatic N) is 2. The van der Waals surface area contributed by atoms with E-state index in [2.05, 4.69) is 38.5 Å². The fourth-order valence-corrected chi connectivity index (χ4v) is 0.851. The summed E-state index contributed by atoms with van der Waals surface area (Å²) >= 11 is 4.11. The Morgan fingerprint density at radius 3 is 2.30 bits per heavy atom. The molecule has 0 N–H and O–H groups in total. The van der Waals surface area contributed by atoms with Gasteiger partial charge in [0.2, 0.25) is 0 Å². The lowest BCUT2D eigenvalue weighted by molar-refractivity contribution is 0.350. The maximum atomic E-state index is 4.16. The molecule has 2 nitrogen and oxygen atoms in total. The number of hydrogen-bond donors (Lipinski definition) is 1. The summed E-state index contributed by atoms with van der Waals surface area (Å²) in [6.45, 7) is 6.31.